The predicted octanol–water partition coefficient (Wildman–Crippen LogP) is 4.75. The number of Topliss-reactive ketones (excluding diaryl/α,β-unsaturated/α-hetero) is 1. The van der Waals surface area contributed by atoms with Gasteiger partial charge < -0.3 is 24.1 Å². The number of aromatic nitrogens is 1. The first-order valence-corrected chi connectivity index (χ1v) is 11.0. The van der Waals surface area contributed by atoms with Crippen molar-refractivity contribution in [2.45, 2.75) is 27.2 Å². The number of nitrogens with zero attached hydrogens (tertiary/aromatic N) is 1. The summed E-state index contributed by atoms with van der Waals surface area (Å²) in [4.78, 5) is 38.1. The summed E-state index contributed by atoms with van der Waals surface area (Å²) < 4.78 is 21.0. The number of amides is 1. The number of rotatable bonds is 9. The summed E-state index contributed by atoms with van der Waals surface area (Å²) in [6.07, 6.45) is 0.273. The summed E-state index contributed by atoms with van der Waals surface area (Å²) in [6.45, 7) is 5.24. The minimum absolute atomic E-state index is 0.00372. The van der Waals surface area contributed by atoms with Crippen LogP contribution in [-0.2, 0) is 4.74 Å². The van der Waals surface area contributed by atoms with Crippen LogP contribution in [0, 0.1) is 6.92 Å². The summed E-state index contributed by atoms with van der Waals surface area (Å²) in [5.41, 5.74) is 1.28. The molecule has 0 bridgehead atoms. The molecule has 0 unspecified atom stereocenters. The molecule has 174 valence electrons. The zero-order valence-corrected chi connectivity index (χ0v) is 19.8. The molecular formula is C23H24N2O7S. The lowest BCUT2D eigenvalue weighted by atomic mass is 10.1. The van der Waals surface area contributed by atoms with Gasteiger partial charge in [-0.1, -0.05) is 12.1 Å². The highest BCUT2D eigenvalue weighted by atomic mass is 32.1. The van der Waals surface area contributed by atoms with E-state index in [1.165, 1.54) is 20.3 Å². The first kappa shape index (κ1) is 24.0. The number of carbonyl (C=O) groups excluding carboxylic acids is 3. The van der Waals surface area contributed by atoms with Crippen LogP contribution in [0.3, 0.4) is 0 Å². The van der Waals surface area contributed by atoms with Gasteiger partial charge in [-0.3, -0.25) is 9.59 Å². The van der Waals surface area contributed by atoms with Gasteiger partial charge in [0.15, 0.2) is 28.7 Å². The third kappa shape index (κ3) is 4.90. The van der Waals surface area contributed by atoms with Crippen molar-refractivity contribution in [3.8, 4) is 22.8 Å². The van der Waals surface area contributed by atoms with Crippen molar-refractivity contribution in [3.63, 3.8) is 0 Å². The Morgan fingerprint density at radius 2 is 1.82 bits per heavy atom. The van der Waals surface area contributed by atoms with Crippen LogP contribution in [-0.4, -0.2) is 43.6 Å². The number of thiophene rings is 1. The third-order valence-electron chi connectivity index (χ3n) is 4.84. The highest BCUT2D eigenvalue weighted by Crippen LogP contribution is 2.36. The standard InChI is InChI=1S/C23H24N2O7S/c1-6-15(26)20-12(3)19(23(28)31-7-2)22(33-20)24-21(27)14-11-17(32-25-14)13-8-9-16(29-4)18(10-13)30-5/h8-11H,6-7H2,1-5H3,(H,24,27). The molecule has 0 aliphatic heterocycles. The van der Waals surface area contributed by atoms with E-state index in [1.807, 2.05) is 0 Å². The summed E-state index contributed by atoms with van der Waals surface area (Å²) in [5, 5.41) is 6.74. The predicted molar refractivity (Wildman–Crippen MR) is 123 cm³/mol. The van der Waals surface area contributed by atoms with Crippen LogP contribution in [0.5, 0.6) is 11.5 Å². The number of esters is 1. The second kappa shape index (κ2) is 10.3. The third-order valence-corrected chi connectivity index (χ3v) is 6.09. The summed E-state index contributed by atoms with van der Waals surface area (Å²) >= 11 is 1.04. The molecule has 1 aromatic carbocycles. The SMILES string of the molecule is CCOC(=O)c1c(NC(=O)c2cc(-c3ccc(OC)c(OC)c3)on2)sc(C(=O)CC)c1C. The maximum absolute atomic E-state index is 12.9. The zero-order chi connectivity index (χ0) is 24.1. The fraction of sp³-hybridized carbons (Fsp3) is 0.304. The van der Waals surface area contributed by atoms with E-state index in [0.717, 1.165) is 11.3 Å². The topological polar surface area (TPSA) is 117 Å². The van der Waals surface area contributed by atoms with E-state index in [2.05, 4.69) is 10.5 Å². The number of ketones is 1. The lowest BCUT2D eigenvalue weighted by Gasteiger charge is -2.07. The van der Waals surface area contributed by atoms with Gasteiger partial charge >= 0.3 is 5.97 Å². The maximum atomic E-state index is 12.9. The van der Waals surface area contributed by atoms with Crippen LogP contribution < -0.4 is 14.8 Å². The van der Waals surface area contributed by atoms with Crippen molar-refractivity contribution in [1.82, 2.24) is 5.16 Å². The van der Waals surface area contributed by atoms with Crippen molar-refractivity contribution in [2.24, 2.45) is 0 Å². The average Bonchev–Trinajstić information content (AvgIpc) is 3.43. The highest BCUT2D eigenvalue weighted by Gasteiger charge is 2.27. The molecule has 0 saturated heterocycles. The Morgan fingerprint density at radius 1 is 1.09 bits per heavy atom. The smallest absolute Gasteiger partial charge is 0.341 e. The van der Waals surface area contributed by atoms with Gasteiger partial charge in [0, 0.05) is 18.1 Å². The molecule has 1 N–H and O–H groups in total. The Kier molecular flexibility index (Phi) is 7.49. The molecule has 2 aromatic heterocycles. The Bertz CT molecular complexity index is 1200. The lowest BCUT2D eigenvalue weighted by Crippen LogP contribution is -2.15. The fourth-order valence-electron chi connectivity index (χ4n) is 3.15. The molecule has 0 radical (unpaired) electrons. The Hall–Kier alpha value is -3.66. The van der Waals surface area contributed by atoms with Crippen LogP contribution in [0.2, 0.25) is 0 Å². The minimum atomic E-state index is -0.608. The second-order valence-corrected chi connectivity index (χ2v) is 7.88. The fourth-order valence-corrected chi connectivity index (χ4v) is 4.35. The van der Waals surface area contributed by atoms with Gasteiger partial charge in [0.05, 0.1) is 31.3 Å². The highest BCUT2D eigenvalue weighted by molar-refractivity contribution is 7.18. The molecule has 9 nitrogen and oxygen atoms in total. The molecule has 0 aliphatic carbocycles. The van der Waals surface area contributed by atoms with Gasteiger partial charge in [-0.25, -0.2) is 4.79 Å². The molecule has 3 rings (SSSR count). The number of ether oxygens (including phenoxy) is 3. The van der Waals surface area contributed by atoms with Crippen LogP contribution >= 0.6 is 11.3 Å². The molecule has 0 aliphatic rings. The molecule has 0 saturated carbocycles. The molecule has 2 heterocycles. The van der Waals surface area contributed by atoms with Crippen molar-refractivity contribution in [2.75, 3.05) is 26.1 Å². The quantitative estimate of drug-likeness (QED) is 0.350. The van der Waals surface area contributed by atoms with Gasteiger partial charge in [0.25, 0.3) is 5.91 Å². The monoisotopic (exact) mass is 472 g/mol. The van der Waals surface area contributed by atoms with E-state index in [9.17, 15) is 14.4 Å². The molecule has 3 aromatic rings. The van der Waals surface area contributed by atoms with E-state index in [1.54, 1.807) is 39.0 Å². The van der Waals surface area contributed by atoms with Crippen LogP contribution in [0.25, 0.3) is 11.3 Å². The van der Waals surface area contributed by atoms with Crippen molar-refractivity contribution in [1.29, 1.82) is 0 Å². The van der Waals surface area contributed by atoms with Gasteiger partial charge in [-0.15, -0.1) is 11.3 Å². The molecular weight excluding hydrogens is 448 g/mol. The number of carbonyl (C=O) groups is 3. The number of benzene rings is 1. The van der Waals surface area contributed by atoms with E-state index < -0.39 is 11.9 Å². The maximum Gasteiger partial charge on any atom is 0.341 e. The molecule has 1 amide bonds. The number of methoxy groups -OCH3 is 2. The van der Waals surface area contributed by atoms with E-state index in [-0.39, 0.29) is 35.1 Å². The van der Waals surface area contributed by atoms with E-state index in [4.69, 9.17) is 18.7 Å². The normalized spacial score (nSPS) is 10.6. The Morgan fingerprint density at radius 3 is 2.45 bits per heavy atom. The van der Waals surface area contributed by atoms with Gasteiger partial charge in [0.2, 0.25) is 0 Å². The van der Waals surface area contributed by atoms with Crippen molar-refractivity contribution in [3.05, 3.63) is 46.0 Å². The van der Waals surface area contributed by atoms with E-state index >= 15 is 0 Å². The molecule has 0 fully saturated rings. The first-order chi connectivity index (χ1) is 15.8. The summed E-state index contributed by atoms with van der Waals surface area (Å²) in [5.74, 6) is 0.0710. The van der Waals surface area contributed by atoms with Gasteiger partial charge in [-0.05, 0) is 37.6 Å². The van der Waals surface area contributed by atoms with Crippen LogP contribution in [0.15, 0.2) is 28.8 Å². The number of hydrogen-bond donors (Lipinski definition) is 1. The first-order valence-electron chi connectivity index (χ1n) is 10.2. The summed E-state index contributed by atoms with van der Waals surface area (Å²) in [6, 6.07) is 6.63. The molecule has 33 heavy (non-hydrogen) atoms. The van der Waals surface area contributed by atoms with Crippen molar-refractivity contribution >= 4 is 34.0 Å². The number of anilines is 1. The zero-order valence-electron chi connectivity index (χ0n) is 18.9. The molecule has 0 spiro atoms. The van der Waals surface area contributed by atoms with Gasteiger partial charge in [0.1, 0.15) is 5.00 Å². The summed E-state index contributed by atoms with van der Waals surface area (Å²) in [7, 11) is 3.05. The Balaban J connectivity index is 1.90. The largest absolute Gasteiger partial charge is 0.493 e. The molecule has 10 heteroatoms. The van der Waals surface area contributed by atoms with Crippen LogP contribution in [0.1, 0.15) is 56.3 Å². The minimum Gasteiger partial charge on any atom is -0.493 e. The van der Waals surface area contributed by atoms with E-state index in [0.29, 0.717) is 33.3 Å². The lowest BCUT2D eigenvalue weighted by molar-refractivity contribution is 0.0527. The number of hydrogen-bond acceptors (Lipinski definition) is 9. The van der Waals surface area contributed by atoms with Crippen LogP contribution in [0.4, 0.5) is 5.00 Å². The average molecular weight is 473 g/mol. The Labute approximate surface area is 194 Å². The second-order valence-electron chi connectivity index (χ2n) is 6.86. The number of nitrogens with one attached hydrogen (secondary N) is 1. The van der Waals surface area contributed by atoms with Gasteiger partial charge in [-0.2, -0.15) is 0 Å². The molecule has 0 atom stereocenters. The van der Waals surface area contributed by atoms with Crippen molar-refractivity contribution < 1.29 is 33.1 Å².